The van der Waals surface area contributed by atoms with Crippen molar-refractivity contribution in [3.05, 3.63) is 63.0 Å². The van der Waals surface area contributed by atoms with E-state index < -0.39 is 4.92 Å². The standard InChI is InChI=1S/C21H20N2O5S2/c1-3-4-11-28-17-10-5-14(12-18(17)27-2)13-19-20(24)22(21(29)30-19)15-6-8-16(9-7-15)23(25)26/h5-10,12-13H,3-4,11H2,1-2H3/b19-13+. The van der Waals surface area contributed by atoms with Crippen molar-refractivity contribution in [2.45, 2.75) is 19.8 Å². The van der Waals surface area contributed by atoms with Crippen molar-refractivity contribution in [3.8, 4) is 11.5 Å². The highest BCUT2D eigenvalue weighted by molar-refractivity contribution is 8.27. The molecule has 0 atom stereocenters. The van der Waals surface area contributed by atoms with Crippen LogP contribution in [-0.4, -0.2) is 28.9 Å². The minimum atomic E-state index is -0.489. The van der Waals surface area contributed by atoms with Crippen molar-refractivity contribution in [2.75, 3.05) is 18.6 Å². The molecule has 0 unspecified atom stereocenters. The van der Waals surface area contributed by atoms with Crippen LogP contribution in [0.5, 0.6) is 11.5 Å². The summed E-state index contributed by atoms with van der Waals surface area (Å²) in [5.41, 5.74) is 1.22. The van der Waals surface area contributed by atoms with Crippen LogP contribution in [0.4, 0.5) is 11.4 Å². The molecule has 0 spiro atoms. The van der Waals surface area contributed by atoms with Crippen LogP contribution < -0.4 is 14.4 Å². The van der Waals surface area contributed by atoms with E-state index in [1.807, 2.05) is 12.1 Å². The van der Waals surface area contributed by atoms with Crippen LogP contribution in [-0.2, 0) is 4.79 Å². The minimum absolute atomic E-state index is 0.0481. The highest BCUT2D eigenvalue weighted by Gasteiger charge is 2.33. The Balaban J connectivity index is 1.81. The lowest BCUT2D eigenvalue weighted by atomic mass is 10.1. The summed E-state index contributed by atoms with van der Waals surface area (Å²) in [6, 6.07) is 11.2. The maximum atomic E-state index is 12.9. The summed E-state index contributed by atoms with van der Waals surface area (Å²) < 4.78 is 11.5. The zero-order valence-electron chi connectivity index (χ0n) is 16.5. The van der Waals surface area contributed by atoms with Crippen molar-refractivity contribution in [1.29, 1.82) is 0 Å². The summed E-state index contributed by atoms with van der Waals surface area (Å²) in [4.78, 5) is 25.1. The van der Waals surface area contributed by atoms with Gasteiger partial charge in [0.25, 0.3) is 11.6 Å². The Hall–Kier alpha value is -2.91. The number of carbonyl (C=O) groups is 1. The van der Waals surface area contributed by atoms with E-state index in [0.717, 1.165) is 18.4 Å². The van der Waals surface area contributed by atoms with Gasteiger partial charge in [0.1, 0.15) is 0 Å². The number of rotatable bonds is 8. The van der Waals surface area contributed by atoms with Crippen LogP contribution in [0, 0.1) is 10.1 Å². The number of benzene rings is 2. The molecule has 1 heterocycles. The van der Waals surface area contributed by atoms with Gasteiger partial charge in [-0.05, 0) is 42.3 Å². The highest BCUT2D eigenvalue weighted by atomic mass is 32.2. The number of non-ortho nitro benzene ring substituents is 1. The van der Waals surface area contributed by atoms with Gasteiger partial charge in [-0.25, -0.2) is 0 Å². The second-order valence-corrected chi connectivity index (χ2v) is 8.08. The number of carbonyl (C=O) groups excluding carboxylic acids is 1. The van der Waals surface area contributed by atoms with Crippen molar-refractivity contribution >= 4 is 51.7 Å². The van der Waals surface area contributed by atoms with E-state index in [1.165, 1.54) is 40.9 Å². The topological polar surface area (TPSA) is 81.9 Å². The zero-order chi connectivity index (χ0) is 21.7. The number of thiocarbonyl (C=S) groups is 1. The van der Waals surface area contributed by atoms with Gasteiger partial charge in [-0.3, -0.25) is 19.8 Å². The van der Waals surface area contributed by atoms with Crippen molar-refractivity contribution in [2.24, 2.45) is 0 Å². The molecule has 9 heteroatoms. The van der Waals surface area contributed by atoms with E-state index in [9.17, 15) is 14.9 Å². The molecule has 2 aromatic rings. The third-order valence-electron chi connectivity index (χ3n) is 4.35. The lowest BCUT2D eigenvalue weighted by molar-refractivity contribution is -0.384. The summed E-state index contributed by atoms with van der Waals surface area (Å²) in [7, 11) is 1.57. The third kappa shape index (κ3) is 4.80. The van der Waals surface area contributed by atoms with E-state index in [2.05, 4.69) is 6.92 Å². The number of thioether (sulfide) groups is 1. The lowest BCUT2D eigenvalue weighted by Crippen LogP contribution is -2.27. The molecule has 30 heavy (non-hydrogen) atoms. The largest absolute Gasteiger partial charge is 0.493 e. The van der Waals surface area contributed by atoms with Crippen LogP contribution in [0.2, 0.25) is 0 Å². The number of amides is 1. The quantitative estimate of drug-likeness (QED) is 0.182. The van der Waals surface area contributed by atoms with Gasteiger partial charge in [0, 0.05) is 12.1 Å². The summed E-state index contributed by atoms with van der Waals surface area (Å²) in [6.07, 6.45) is 3.73. The number of methoxy groups -OCH3 is 1. The molecule has 1 amide bonds. The first kappa shape index (κ1) is 21.8. The fraction of sp³-hybridized carbons (Fsp3) is 0.238. The molecule has 1 saturated heterocycles. The number of hydrogen-bond acceptors (Lipinski definition) is 7. The summed E-state index contributed by atoms with van der Waals surface area (Å²) in [5, 5.41) is 10.8. The molecule has 0 saturated carbocycles. The Kier molecular flexibility index (Phi) is 7.07. The molecule has 1 fully saturated rings. The van der Waals surface area contributed by atoms with Gasteiger partial charge in [-0.2, -0.15) is 0 Å². The predicted octanol–water partition coefficient (Wildman–Crippen LogP) is 5.19. The molecule has 0 radical (unpaired) electrons. The van der Waals surface area contributed by atoms with Gasteiger partial charge in [0.05, 0.1) is 29.2 Å². The molecule has 0 N–H and O–H groups in total. The third-order valence-corrected chi connectivity index (χ3v) is 5.66. The number of nitro groups is 1. The first-order valence-corrected chi connectivity index (χ1v) is 10.5. The molecule has 1 aliphatic rings. The molecule has 0 bridgehead atoms. The molecule has 0 aliphatic carbocycles. The van der Waals surface area contributed by atoms with E-state index in [4.69, 9.17) is 21.7 Å². The van der Waals surface area contributed by atoms with Gasteiger partial charge >= 0.3 is 0 Å². The predicted molar refractivity (Wildman–Crippen MR) is 122 cm³/mol. The minimum Gasteiger partial charge on any atom is -0.493 e. The van der Waals surface area contributed by atoms with Gasteiger partial charge in [-0.15, -0.1) is 0 Å². The molecule has 3 rings (SSSR count). The summed E-state index contributed by atoms with van der Waals surface area (Å²) in [5.74, 6) is 0.966. The van der Waals surface area contributed by atoms with Crippen LogP contribution in [0.1, 0.15) is 25.3 Å². The van der Waals surface area contributed by atoms with Crippen molar-refractivity contribution in [1.82, 2.24) is 0 Å². The fourth-order valence-electron chi connectivity index (χ4n) is 2.78. The molecular formula is C21H20N2O5S2. The SMILES string of the molecule is CCCCOc1ccc(/C=C2/SC(=S)N(c3ccc([N+](=O)[O-])cc3)C2=O)cc1OC. The number of unbranched alkanes of at least 4 members (excludes halogenated alkanes) is 1. The van der Waals surface area contributed by atoms with E-state index in [0.29, 0.717) is 33.0 Å². The van der Waals surface area contributed by atoms with Gasteiger partial charge < -0.3 is 9.47 Å². The Morgan fingerprint density at radius 3 is 2.57 bits per heavy atom. The Bertz CT molecular complexity index is 1000. The molecule has 2 aromatic carbocycles. The van der Waals surface area contributed by atoms with Crippen LogP contribution in [0.15, 0.2) is 47.4 Å². The van der Waals surface area contributed by atoms with Crippen molar-refractivity contribution in [3.63, 3.8) is 0 Å². The number of nitrogens with zero attached hydrogens (tertiary/aromatic N) is 2. The number of ether oxygens (including phenoxy) is 2. The Morgan fingerprint density at radius 2 is 1.93 bits per heavy atom. The van der Waals surface area contributed by atoms with Crippen molar-refractivity contribution < 1.29 is 19.2 Å². The molecular weight excluding hydrogens is 424 g/mol. The lowest BCUT2D eigenvalue weighted by Gasteiger charge is -2.14. The molecule has 156 valence electrons. The van der Waals surface area contributed by atoms with Crippen LogP contribution in [0.3, 0.4) is 0 Å². The molecule has 0 aromatic heterocycles. The summed E-state index contributed by atoms with van der Waals surface area (Å²) >= 11 is 6.53. The van der Waals surface area contributed by atoms with Gasteiger partial charge in [0.15, 0.2) is 15.8 Å². The smallest absolute Gasteiger partial charge is 0.270 e. The Morgan fingerprint density at radius 1 is 1.20 bits per heavy atom. The average molecular weight is 445 g/mol. The van der Waals surface area contributed by atoms with Gasteiger partial charge in [0.2, 0.25) is 0 Å². The zero-order valence-corrected chi connectivity index (χ0v) is 18.1. The van der Waals surface area contributed by atoms with E-state index in [1.54, 1.807) is 19.3 Å². The number of hydrogen-bond donors (Lipinski definition) is 0. The van der Waals surface area contributed by atoms with E-state index >= 15 is 0 Å². The van der Waals surface area contributed by atoms with Crippen LogP contribution >= 0.6 is 24.0 Å². The number of anilines is 1. The maximum Gasteiger partial charge on any atom is 0.270 e. The highest BCUT2D eigenvalue weighted by Crippen LogP contribution is 2.37. The second kappa shape index (κ2) is 9.73. The number of nitro benzene ring substituents is 1. The second-order valence-electron chi connectivity index (χ2n) is 6.40. The van der Waals surface area contributed by atoms with Gasteiger partial charge in [-0.1, -0.05) is 43.4 Å². The Labute approximate surface area is 183 Å². The normalized spacial score (nSPS) is 15.0. The first-order valence-electron chi connectivity index (χ1n) is 9.28. The average Bonchev–Trinajstić information content (AvgIpc) is 3.02. The van der Waals surface area contributed by atoms with E-state index in [-0.39, 0.29) is 11.6 Å². The molecule has 1 aliphatic heterocycles. The molecule has 7 nitrogen and oxygen atoms in total. The fourth-order valence-corrected chi connectivity index (χ4v) is 4.08. The maximum absolute atomic E-state index is 12.9. The first-order chi connectivity index (χ1) is 14.4. The summed E-state index contributed by atoms with van der Waals surface area (Å²) in [6.45, 7) is 2.71. The monoisotopic (exact) mass is 444 g/mol. The van der Waals surface area contributed by atoms with Crippen LogP contribution in [0.25, 0.3) is 6.08 Å².